The summed E-state index contributed by atoms with van der Waals surface area (Å²) < 4.78 is 0. The van der Waals surface area contributed by atoms with E-state index in [9.17, 15) is 9.90 Å². The van der Waals surface area contributed by atoms with Crippen molar-refractivity contribution in [1.82, 2.24) is 4.90 Å². The average molecular weight is 253 g/mol. The van der Waals surface area contributed by atoms with Crippen molar-refractivity contribution in [1.29, 1.82) is 0 Å². The molecule has 0 aromatic carbocycles. The Morgan fingerprint density at radius 3 is 2.33 bits per heavy atom. The Bertz CT molecular complexity index is 308. The maximum atomic E-state index is 11.3. The Balaban J connectivity index is 1.87. The second-order valence-electron chi connectivity index (χ2n) is 6.90. The van der Waals surface area contributed by atoms with Crippen LogP contribution in [-0.2, 0) is 4.79 Å². The molecule has 3 nitrogen and oxygen atoms in total. The van der Waals surface area contributed by atoms with E-state index in [1.807, 2.05) is 6.92 Å². The molecule has 2 aliphatic rings. The number of carbonyl (C=O) groups is 1. The minimum absolute atomic E-state index is 0.505. The number of likely N-dealkylation sites (tertiary alicyclic amines) is 1. The van der Waals surface area contributed by atoms with Gasteiger partial charge in [-0.1, -0.05) is 13.8 Å². The van der Waals surface area contributed by atoms with Crippen LogP contribution in [-0.4, -0.2) is 35.1 Å². The summed E-state index contributed by atoms with van der Waals surface area (Å²) in [6, 6.07) is 0.640. The van der Waals surface area contributed by atoms with E-state index in [1.54, 1.807) is 0 Å². The van der Waals surface area contributed by atoms with E-state index in [2.05, 4.69) is 18.7 Å². The predicted molar refractivity (Wildman–Crippen MR) is 72.5 cm³/mol. The van der Waals surface area contributed by atoms with Gasteiger partial charge in [-0.3, -0.25) is 9.69 Å². The van der Waals surface area contributed by atoms with Crippen molar-refractivity contribution in [3.8, 4) is 0 Å². The third-order valence-corrected chi connectivity index (χ3v) is 5.22. The van der Waals surface area contributed by atoms with Crippen molar-refractivity contribution in [3.63, 3.8) is 0 Å². The van der Waals surface area contributed by atoms with Gasteiger partial charge < -0.3 is 5.11 Å². The predicted octanol–water partition coefficient (Wildman–Crippen LogP) is 3.00. The topological polar surface area (TPSA) is 40.5 Å². The lowest BCUT2D eigenvalue weighted by atomic mass is 9.79. The van der Waals surface area contributed by atoms with Gasteiger partial charge in [0.25, 0.3) is 0 Å². The van der Waals surface area contributed by atoms with Crippen molar-refractivity contribution in [2.75, 3.05) is 13.1 Å². The molecule has 1 saturated heterocycles. The van der Waals surface area contributed by atoms with Gasteiger partial charge in [0, 0.05) is 12.6 Å². The number of hydrogen-bond acceptors (Lipinski definition) is 2. The van der Waals surface area contributed by atoms with E-state index in [0.29, 0.717) is 6.04 Å². The Morgan fingerprint density at radius 2 is 1.89 bits per heavy atom. The summed E-state index contributed by atoms with van der Waals surface area (Å²) >= 11 is 0. The molecule has 1 aliphatic heterocycles. The van der Waals surface area contributed by atoms with Gasteiger partial charge in [-0.2, -0.15) is 0 Å². The molecule has 0 aromatic rings. The summed E-state index contributed by atoms with van der Waals surface area (Å²) in [5.74, 6) is 1.06. The zero-order valence-electron chi connectivity index (χ0n) is 12.0. The lowest BCUT2D eigenvalue weighted by Crippen LogP contribution is -2.39. The molecule has 0 aromatic heterocycles. The summed E-state index contributed by atoms with van der Waals surface area (Å²) in [5, 5.41) is 9.28. The summed E-state index contributed by atoms with van der Waals surface area (Å²) in [4.78, 5) is 13.7. The first-order valence-electron chi connectivity index (χ1n) is 7.40. The molecular weight excluding hydrogens is 226 g/mol. The first-order valence-corrected chi connectivity index (χ1v) is 7.40. The smallest absolute Gasteiger partial charge is 0.310 e. The molecule has 1 atom stereocenters. The Morgan fingerprint density at radius 1 is 1.28 bits per heavy atom. The molecule has 104 valence electrons. The molecule has 1 unspecified atom stereocenters. The van der Waals surface area contributed by atoms with E-state index in [1.165, 1.54) is 25.7 Å². The highest BCUT2D eigenvalue weighted by molar-refractivity contribution is 5.74. The molecule has 0 bridgehead atoms. The van der Waals surface area contributed by atoms with E-state index in [4.69, 9.17) is 0 Å². The van der Waals surface area contributed by atoms with Crippen LogP contribution in [0.2, 0.25) is 0 Å². The average Bonchev–Trinajstić information content (AvgIpc) is 2.73. The number of nitrogens with zero attached hydrogens (tertiary/aromatic N) is 1. The molecule has 2 fully saturated rings. The van der Waals surface area contributed by atoms with Gasteiger partial charge >= 0.3 is 5.97 Å². The molecule has 0 radical (unpaired) electrons. The van der Waals surface area contributed by atoms with Crippen LogP contribution in [0.4, 0.5) is 0 Å². The highest BCUT2D eigenvalue weighted by Crippen LogP contribution is 2.37. The van der Waals surface area contributed by atoms with Gasteiger partial charge in [0.1, 0.15) is 0 Å². The van der Waals surface area contributed by atoms with Crippen molar-refractivity contribution in [3.05, 3.63) is 0 Å². The van der Waals surface area contributed by atoms with Gasteiger partial charge in [0.15, 0.2) is 0 Å². The van der Waals surface area contributed by atoms with Gasteiger partial charge in [0.2, 0.25) is 0 Å². The maximum Gasteiger partial charge on any atom is 0.310 e. The summed E-state index contributed by atoms with van der Waals surface area (Å²) in [6.07, 6.45) is 5.98. The van der Waals surface area contributed by atoms with Crippen molar-refractivity contribution < 1.29 is 9.90 Å². The normalized spacial score (nSPS) is 38.2. The van der Waals surface area contributed by atoms with Crippen molar-refractivity contribution >= 4 is 5.97 Å². The minimum Gasteiger partial charge on any atom is -0.481 e. The highest BCUT2D eigenvalue weighted by Gasteiger charge is 2.43. The largest absolute Gasteiger partial charge is 0.481 e. The van der Waals surface area contributed by atoms with Crippen LogP contribution in [0.5, 0.6) is 0 Å². The third-order valence-electron chi connectivity index (χ3n) is 5.22. The molecule has 1 aliphatic carbocycles. The first kappa shape index (κ1) is 13.9. The van der Waals surface area contributed by atoms with Gasteiger partial charge in [-0.15, -0.1) is 0 Å². The maximum absolute atomic E-state index is 11.3. The van der Waals surface area contributed by atoms with Crippen molar-refractivity contribution in [2.45, 2.75) is 58.9 Å². The summed E-state index contributed by atoms with van der Waals surface area (Å²) in [5.41, 5.74) is -0.505. The van der Waals surface area contributed by atoms with E-state index in [-0.39, 0.29) is 0 Å². The van der Waals surface area contributed by atoms with Crippen LogP contribution in [0.15, 0.2) is 0 Å². The first-order chi connectivity index (χ1) is 8.42. The monoisotopic (exact) mass is 253 g/mol. The molecule has 0 amide bonds. The molecule has 3 heteroatoms. The fraction of sp³-hybridized carbons (Fsp3) is 0.933. The van der Waals surface area contributed by atoms with Crippen LogP contribution >= 0.6 is 0 Å². The molecule has 1 saturated carbocycles. The highest BCUT2D eigenvalue weighted by atomic mass is 16.4. The van der Waals surface area contributed by atoms with E-state index in [0.717, 1.165) is 31.3 Å². The Hall–Kier alpha value is -0.570. The van der Waals surface area contributed by atoms with Gasteiger partial charge in [-0.25, -0.2) is 0 Å². The standard InChI is InChI=1S/C15H27NO2/c1-11(2)12-4-6-13(7-5-12)16-9-8-15(3,10-16)14(17)18/h11-13H,4-10H2,1-3H3,(H,17,18). The number of carboxylic acid groups (broad SMARTS) is 1. The molecule has 2 rings (SSSR count). The van der Waals surface area contributed by atoms with Gasteiger partial charge in [-0.05, 0) is 57.4 Å². The second kappa shape index (κ2) is 5.20. The fourth-order valence-corrected chi connectivity index (χ4v) is 3.62. The second-order valence-corrected chi connectivity index (χ2v) is 6.90. The van der Waals surface area contributed by atoms with Crippen molar-refractivity contribution in [2.24, 2.45) is 17.3 Å². The van der Waals surface area contributed by atoms with Crippen LogP contribution in [0.1, 0.15) is 52.9 Å². The van der Waals surface area contributed by atoms with Crippen LogP contribution < -0.4 is 0 Å². The Labute approximate surface area is 111 Å². The number of carboxylic acids is 1. The number of aliphatic carboxylic acids is 1. The fourth-order valence-electron chi connectivity index (χ4n) is 3.62. The van der Waals surface area contributed by atoms with Gasteiger partial charge in [0.05, 0.1) is 5.41 Å². The molecule has 18 heavy (non-hydrogen) atoms. The summed E-state index contributed by atoms with van der Waals surface area (Å²) in [7, 11) is 0. The van der Waals surface area contributed by atoms with Crippen LogP contribution in [0.25, 0.3) is 0 Å². The lowest BCUT2D eigenvalue weighted by molar-refractivity contribution is -0.147. The quantitative estimate of drug-likeness (QED) is 0.840. The molecule has 0 spiro atoms. The van der Waals surface area contributed by atoms with E-state index < -0.39 is 11.4 Å². The molecule has 1 N–H and O–H groups in total. The number of hydrogen-bond donors (Lipinski definition) is 1. The zero-order valence-corrected chi connectivity index (χ0v) is 12.0. The third kappa shape index (κ3) is 2.71. The molecular formula is C15H27NO2. The minimum atomic E-state index is -0.624. The SMILES string of the molecule is CC(C)C1CCC(N2CCC(C)(C(=O)O)C2)CC1. The van der Waals surface area contributed by atoms with Crippen LogP contribution in [0.3, 0.4) is 0 Å². The summed E-state index contributed by atoms with van der Waals surface area (Å²) in [6.45, 7) is 8.26. The molecule has 1 heterocycles. The van der Waals surface area contributed by atoms with E-state index >= 15 is 0 Å². The van der Waals surface area contributed by atoms with Crippen LogP contribution in [0, 0.1) is 17.3 Å². The lowest BCUT2D eigenvalue weighted by Gasteiger charge is -2.36. The number of rotatable bonds is 3. The zero-order chi connectivity index (χ0) is 13.3. The Kier molecular flexibility index (Phi) is 4.00.